The lowest BCUT2D eigenvalue weighted by atomic mass is 10.1. The van der Waals surface area contributed by atoms with E-state index in [0.717, 1.165) is 16.7 Å². The summed E-state index contributed by atoms with van der Waals surface area (Å²) in [5.74, 6) is -0.747. The molecule has 25 heavy (non-hydrogen) atoms. The van der Waals surface area contributed by atoms with Gasteiger partial charge in [-0.2, -0.15) is 5.10 Å². The maximum atomic E-state index is 13.8. The number of aryl methyl sites for hydroxylation is 2. The quantitative estimate of drug-likeness (QED) is 0.672. The minimum absolute atomic E-state index is 0.275. The molecule has 0 aliphatic heterocycles. The molecule has 4 nitrogen and oxygen atoms in total. The molecule has 0 amide bonds. The number of hydrogen-bond acceptors (Lipinski definition) is 3. The molecule has 2 aromatic carbocycles. The molecule has 1 heterocycles. The zero-order valence-corrected chi connectivity index (χ0v) is 14.4. The Kier molecular flexibility index (Phi) is 4.65. The van der Waals surface area contributed by atoms with Gasteiger partial charge in [0.2, 0.25) is 0 Å². The standard InChI is InChI=1S/C20H19FN2O2/c1-13-6-4-5-7-16(13)18-11-19(20(24)25-3)23(22-18)12-15-9-8-14(2)17(21)10-15/h4-11H,12H2,1-3H3. The highest BCUT2D eigenvalue weighted by Gasteiger charge is 2.18. The third kappa shape index (κ3) is 3.45. The molecule has 3 rings (SSSR count). The van der Waals surface area contributed by atoms with Gasteiger partial charge in [-0.25, -0.2) is 9.18 Å². The average Bonchev–Trinajstić information content (AvgIpc) is 3.01. The van der Waals surface area contributed by atoms with Gasteiger partial charge in [-0.05, 0) is 42.7 Å². The minimum atomic E-state index is -0.472. The fourth-order valence-electron chi connectivity index (χ4n) is 2.71. The average molecular weight is 338 g/mol. The summed E-state index contributed by atoms with van der Waals surface area (Å²) >= 11 is 0. The van der Waals surface area contributed by atoms with Crippen LogP contribution >= 0.6 is 0 Å². The summed E-state index contributed by atoms with van der Waals surface area (Å²) < 4.78 is 20.2. The van der Waals surface area contributed by atoms with Gasteiger partial charge in [0.15, 0.2) is 0 Å². The van der Waals surface area contributed by atoms with Crippen LogP contribution in [0.15, 0.2) is 48.5 Å². The molecule has 1 aromatic heterocycles. The number of aromatic nitrogens is 2. The van der Waals surface area contributed by atoms with Crippen molar-refractivity contribution in [2.75, 3.05) is 7.11 Å². The Hall–Kier alpha value is -2.95. The summed E-state index contributed by atoms with van der Waals surface area (Å²) in [6, 6.07) is 14.5. The van der Waals surface area contributed by atoms with Crippen molar-refractivity contribution in [2.24, 2.45) is 0 Å². The Morgan fingerprint density at radius 1 is 1.12 bits per heavy atom. The molecule has 0 fully saturated rings. The molecular weight excluding hydrogens is 319 g/mol. The monoisotopic (exact) mass is 338 g/mol. The molecule has 0 saturated heterocycles. The van der Waals surface area contributed by atoms with Crippen molar-refractivity contribution in [3.8, 4) is 11.3 Å². The van der Waals surface area contributed by atoms with Crippen LogP contribution in [0.4, 0.5) is 4.39 Å². The van der Waals surface area contributed by atoms with Gasteiger partial charge in [0.05, 0.1) is 19.3 Å². The van der Waals surface area contributed by atoms with Crippen molar-refractivity contribution in [2.45, 2.75) is 20.4 Å². The van der Waals surface area contributed by atoms with Crippen LogP contribution in [0.2, 0.25) is 0 Å². The predicted molar refractivity (Wildman–Crippen MR) is 94.0 cm³/mol. The minimum Gasteiger partial charge on any atom is -0.464 e. The maximum Gasteiger partial charge on any atom is 0.356 e. The van der Waals surface area contributed by atoms with Crippen molar-refractivity contribution in [1.29, 1.82) is 0 Å². The van der Waals surface area contributed by atoms with E-state index < -0.39 is 5.97 Å². The van der Waals surface area contributed by atoms with Crippen molar-refractivity contribution < 1.29 is 13.9 Å². The summed E-state index contributed by atoms with van der Waals surface area (Å²) in [7, 11) is 1.33. The zero-order valence-electron chi connectivity index (χ0n) is 14.4. The van der Waals surface area contributed by atoms with Crippen LogP contribution in [-0.4, -0.2) is 22.9 Å². The van der Waals surface area contributed by atoms with Crippen LogP contribution in [0.5, 0.6) is 0 Å². The number of hydrogen-bond donors (Lipinski definition) is 0. The molecule has 0 unspecified atom stereocenters. The molecular formula is C20H19FN2O2. The molecule has 3 aromatic rings. The van der Waals surface area contributed by atoms with E-state index in [1.807, 2.05) is 37.3 Å². The lowest BCUT2D eigenvalue weighted by Gasteiger charge is -2.07. The smallest absolute Gasteiger partial charge is 0.356 e. The second-order valence-electron chi connectivity index (χ2n) is 5.96. The van der Waals surface area contributed by atoms with Gasteiger partial charge >= 0.3 is 5.97 Å². The first-order chi connectivity index (χ1) is 12.0. The normalized spacial score (nSPS) is 10.7. The number of methoxy groups -OCH3 is 1. The summed E-state index contributed by atoms with van der Waals surface area (Å²) in [5.41, 5.74) is 4.34. The van der Waals surface area contributed by atoms with Crippen LogP contribution in [0, 0.1) is 19.7 Å². The van der Waals surface area contributed by atoms with Gasteiger partial charge in [0.25, 0.3) is 0 Å². The van der Waals surface area contributed by atoms with Gasteiger partial charge < -0.3 is 4.74 Å². The highest BCUT2D eigenvalue weighted by Crippen LogP contribution is 2.24. The van der Waals surface area contributed by atoms with Crippen LogP contribution in [-0.2, 0) is 11.3 Å². The highest BCUT2D eigenvalue weighted by atomic mass is 19.1. The topological polar surface area (TPSA) is 44.1 Å². The molecule has 128 valence electrons. The fraction of sp³-hybridized carbons (Fsp3) is 0.200. The van der Waals surface area contributed by atoms with Crippen LogP contribution in [0.1, 0.15) is 27.2 Å². The number of benzene rings is 2. The highest BCUT2D eigenvalue weighted by molar-refractivity contribution is 5.89. The second-order valence-corrected chi connectivity index (χ2v) is 5.96. The number of halogens is 1. The summed E-state index contributed by atoms with van der Waals surface area (Å²) in [6.45, 7) is 3.98. The molecule has 0 radical (unpaired) electrons. The number of carbonyl (C=O) groups is 1. The van der Waals surface area contributed by atoms with E-state index in [2.05, 4.69) is 5.10 Å². The lowest BCUT2D eigenvalue weighted by Crippen LogP contribution is -2.12. The SMILES string of the molecule is COC(=O)c1cc(-c2ccccc2C)nn1Cc1ccc(C)c(F)c1. The number of nitrogens with zero attached hydrogens (tertiary/aromatic N) is 2. The summed E-state index contributed by atoms with van der Waals surface area (Å²) in [5, 5.41) is 4.55. The van der Waals surface area contributed by atoms with Crippen LogP contribution in [0.25, 0.3) is 11.3 Å². The van der Waals surface area contributed by atoms with Crippen LogP contribution in [0.3, 0.4) is 0 Å². The lowest BCUT2D eigenvalue weighted by molar-refractivity contribution is 0.0587. The van der Waals surface area contributed by atoms with E-state index in [4.69, 9.17) is 4.74 Å². The van der Waals surface area contributed by atoms with Gasteiger partial charge in [0.1, 0.15) is 11.5 Å². The third-order valence-electron chi connectivity index (χ3n) is 4.16. The largest absolute Gasteiger partial charge is 0.464 e. The van der Waals surface area contributed by atoms with Gasteiger partial charge in [0, 0.05) is 5.56 Å². The zero-order chi connectivity index (χ0) is 18.0. The van der Waals surface area contributed by atoms with Crippen LogP contribution < -0.4 is 0 Å². The van der Waals surface area contributed by atoms with E-state index >= 15 is 0 Å². The van der Waals surface area contributed by atoms with Crippen molar-refractivity contribution in [3.05, 3.63) is 76.7 Å². The fourth-order valence-corrected chi connectivity index (χ4v) is 2.71. The Morgan fingerprint density at radius 3 is 2.56 bits per heavy atom. The van der Waals surface area contributed by atoms with Gasteiger partial charge in [-0.3, -0.25) is 4.68 Å². The number of esters is 1. The van der Waals surface area contributed by atoms with Crippen molar-refractivity contribution in [3.63, 3.8) is 0 Å². The molecule has 0 aliphatic carbocycles. The van der Waals surface area contributed by atoms with Gasteiger partial charge in [-0.1, -0.05) is 36.4 Å². The number of rotatable bonds is 4. The number of ether oxygens (including phenoxy) is 1. The Bertz CT molecular complexity index is 931. The summed E-state index contributed by atoms with van der Waals surface area (Å²) in [6.07, 6.45) is 0. The first kappa shape index (κ1) is 16.9. The first-order valence-corrected chi connectivity index (χ1v) is 7.97. The van der Waals surface area contributed by atoms with E-state index in [9.17, 15) is 9.18 Å². The molecule has 0 N–H and O–H groups in total. The Balaban J connectivity index is 2.04. The van der Waals surface area contributed by atoms with E-state index in [1.54, 1.807) is 23.7 Å². The molecule has 5 heteroatoms. The molecule has 0 aliphatic rings. The predicted octanol–water partition coefficient (Wildman–Crippen LogP) is 4.14. The summed E-state index contributed by atoms with van der Waals surface area (Å²) in [4.78, 5) is 12.1. The molecule has 0 bridgehead atoms. The van der Waals surface area contributed by atoms with Crippen molar-refractivity contribution >= 4 is 5.97 Å². The van der Waals surface area contributed by atoms with E-state index in [1.165, 1.54) is 13.2 Å². The van der Waals surface area contributed by atoms with E-state index in [-0.39, 0.29) is 12.4 Å². The maximum absolute atomic E-state index is 13.8. The van der Waals surface area contributed by atoms with Gasteiger partial charge in [-0.15, -0.1) is 0 Å². The van der Waals surface area contributed by atoms with Crippen molar-refractivity contribution in [1.82, 2.24) is 9.78 Å². The number of carbonyl (C=O) groups excluding carboxylic acids is 1. The van der Waals surface area contributed by atoms with E-state index in [0.29, 0.717) is 17.0 Å². The Labute approximate surface area is 145 Å². The third-order valence-corrected chi connectivity index (χ3v) is 4.16. The first-order valence-electron chi connectivity index (χ1n) is 7.97. The molecule has 0 spiro atoms. The molecule has 0 atom stereocenters. The molecule has 0 saturated carbocycles. The Morgan fingerprint density at radius 2 is 1.88 bits per heavy atom. The second kappa shape index (κ2) is 6.89.